The Balaban J connectivity index is 1.60. The molecule has 5 nitrogen and oxygen atoms in total. The first-order chi connectivity index (χ1) is 12.1. The standard InChI is InChI=1S/C19H17BrN4O/c1-13-6-8-14(9-7-13)10-21-18(25)15-11-22-19(23-12-15)24-17-5-3-2-4-16(17)20/h2-9,11-12H,10H2,1H3,(H,21,25)(H,22,23,24). The van der Waals surface area contributed by atoms with E-state index in [-0.39, 0.29) is 5.91 Å². The third-order valence-electron chi connectivity index (χ3n) is 3.61. The van der Waals surface area contributed by atoms with Crippen molar-refractivity contribution in [3.05, 3.63) is 82.1 Å². The summed E-state index contributed by atoms with van der Waals surface area (Å²) in [5.74, 6) is 0.231. The molecule has 0 saturated heterocycles. The van der Waals surface area contributed by atoms with E-state index in [1.165, 1.54) is 18.0 Å². The quantitative estimate of drug-likeness (QED) is 0.677. The predicted octanol–water partition coefficient (Wildman–Crippen LogP) is 4.22. The number of hydrogen-bond acceptors (Lipinski definition) is 4. The van der Waals surface area contributed by atoms with Gasteiger partial charge in [-0.2, -0.15) is 0 Å². The van der Waals surface area contributed by atoms with Crippen molar-refractivity contribution in [3.63, 3.8) is 0 Å². The van der Waals surface area contributed by atoms with E-state index >= 15 is 0 Å². The molecule has 0 aliphatic heterocycles. The van der Waals surface area contributed by atoms with E-state index < -0.39 is 0 Å². The molecule has 6 heteroatoms. The van der Waals surface area contributed by atoms with E-state index in [1.807, 2.05) is 55.5 Å². The Hall–Kier alpha value is -2.73. The lowest BCUT2D eigenvalue weighted by Crippen LogP contribution is -2.23. The van der Waals surface area contributed by atoms with Gasteiger partial charge in [-0.15, -0.1) is 0 Å². The van der Waals surface area contributed by atoms with Crippen LogP contribution in [0.5, 0.6) is 0 Å². The highest BCUT2D eigenvalue weighted by Crippen LogP contribution is 2.23. The van der Waals surface area contributed by atoms with Crippen molar-refractivity contribution in [1.29, 1.82) is 0 Å². The van der Waals surface area contributed by atoms with Crippen molar-refractivity contribution >= 4 is 33.5 Å². The second-order valence-corrected chi connectivity index (χ2v) is 6.42. The molecule has 126 valence electrons. The van der Waals surface area contributed by atoms with Gasteiger partial charge >= 0.3 is 0 Å². The van der Waals surface area contributed by atoms with E-state index in [2.05, 4.69) is 36.5 Å². The van der Waals surface area contributed by atoms with Crippen molar-refractivity contribution in [2.24, 2.45) is 0 Å². The number of halogens is 1. The Labute approximate surface area is 154 Å². The van der Waals surface area contributed by atoms with Crippen LogP contribution in [0, 0.1) is 6.92 Å². The van der Waals surface area contributed by atoms with Gasteiger partial charge in [0.05, 0.1) is 11.3 Å². The minimum Gasteiger partial charge on any atom is -0.348 e. The number of nitrogens with zero attached hydrogens (tertiary/aromatic N) is 2. The van der Waals surface area contributed by atoms with Crippen LogP contribution in [-0.2, 0) is 6.54 Å². The number of nitrogens with one attached hydrogen (secondary N) is 2. The van der Waals surface area contributed by atoms with Crippen molar-refractivity contribution in [2.75, 3.05) is 5.32 Å². The van der Waals surface area contributed by atoms with Gasteiger partial charge in [0, 0.05) is 23.4 Å². The van der Waals surface area contributed by atoms with Gasteiger partial charge in [0.15, 0.2) is 0 Å². The van der Waals surface area contributed by atoms with Crippen LogP contribution < -0.4 is 10.6 Å². The Morgan fingerprint density at radius 1 is 1.04 bits per heavy atom. The zero-order chi connectivity index (χ0) is 17.6. The van der Waals surface area contributed by atoms with Crippen LogP contribution in [0.2, 0.25) is 0 Å². The number of aromatic nitrogens is 2. The highest BCUT2D eigenvalue weighted by Gasteiger charge is 2.08. The molecule has 1 aromatic heterocycles. The van der Waals surface area contributed by atoms with Crippen LogP contribution >= 0.6 is 15.9 Å². The van der Waals surface area contributed by atoms with Crippen LogP contribution in [0.1, 0.15) is 21.5 Å². The van der Waals surface area contributed by atoms with Gasteiger partial charge < -0.3 is 10.6 Å². The van der Waals surface area contributed by atoms with Gasteiger partial charge in [-0.1, -0.05) is 42.0 Å². The normalized spacial score (nSPS) is 10.3. The molecular formula is C19H17BrN4O. The van der Waals surface area contributed by atoms with Gasteiger partial charge in [0.25, 0.3) is 5.91 Å². The highest BCUT2D eigenvalue weighted by atomic mass is 79.9. The molecule has 0 aliphatic carbocycles. The van der Waals surface area contributed by atoms with E-state index in [4.69, 9.17) is 0 Å². The van der Waals surface area contributed by atoms with Crippen LogP contribution in [-0.4, -0.2) is 15.9 Å². The number of benzene rings is 2. The number of aryl methyl sites for hydroxylation is 1. The van der Waals surface area contributed by atoms with E-state index in [1.54, 1.807) is 0 Å². The smallest absolute Gasteiger partial charge is 0.254 e. The molecule has 0 radical (unpaired) electrons. The maximum absolute atomic E-state index is 12.2. The van der Waals surface area contributed by atoms with Gasteiger partial charge in [0.2, 0.25) is 5.95 Å². The fraction of sp³-hybridized carbons (Fsp3) is 0.105. The molecule has 0 fully saturated rings. The van der Waals surface area contributed by atoms with Gasteiger partial charge in [0.1, 0.15) is 0 Å². The second-order valence-electron chi connectivity index (χ2n) is 5.57. The Morgan fingerprint density at radius 3 is 2.40 bits per heavy atom. The van der Waals surface area contributed by atoms with Crippen LogP contribution in [0.4, 0.5) is 11.6 Å². The van der Waals surface area contributed by atoms with Crippen LogP contribution in [0.3, 0.4) is 0 Å². The van der Waals surface area contributed by atoms with E-state index in [0.29, 0.717) is 18.1 Å². The molecule has 3 aromatic rings. The molecule has 0 unspecified atom stereocenters. The summed E-state index contributed by atoms with van der Waals surface area (Å²) >= 11 is 3.46. The lowest BCUT2D eigenvalue weighted by molar-refractivity contribution is 0.0950. The van der Waals surface area contributed by atoms with Crippen molar-refractivity contribution in [1.82, 2.24) is 15.3 Å². The molecule has 1 amide bonds. The molecular weight excluding hydrogens is 380 g/mol. The topological polar surface area (TPSA) is 66.9 Å². The molecule has 1 heterocycles. The fourth-order valence-corrected chi connectivity index (χ4v) is 2.57. The largest absolute Gasteiger partial charge is 0.348 e. The summed E-state index contributed by atoms with van der Waals surface area (Å²) in [6.07, 6.45) is 3.02. The number of anilines is 2. The maximum atomic E-state index is 12.2. The summed E-state index contributed by atoms with van der Waals surface area (Å²) in [7, 11) is 0. The number of para-hydroxylation sites is 1. The second kappa shape index (κ2) is 7.90. The van der Waals surface area contributed by atoms with Gasteiger partial charge in [-0.3, -0.25) is 4.79 Å². The maximum Gasteiger partial charge on any atom is 0.254 e. The highest BCUT2D eigenvalue weighted by molar-refractivity contribution is 9.10. The summed E-state index contributed by atoms with van der Waals surface area (Å²) in [6.45, 7) is 2.50. The summed E-state index contributed by atoms with van der Waals surface area (Å²) in [6, 6.07) is 15.7. The number of amides is 1. The fourth-order valence-electron chi connectivity index (χ4n) is 2.18. The molecule has 0 aliphatic rings. The lowest BCUT2D eigenvalue weighted by atomic mass is 10.1. The first-order valence-corrected chi connectivity index (χ1v) is 8.58. The monoisotopic (exact) mass is 396 g/mol. The van der Waals surface area contributed by atoms with Gasteiger partial charge in [-0.25, -0.2) is 9.97 Å². The zero-order valence-electron chi connectivity index (χ0n) is 13.7. The molecule has 2 aromatic carbocycles. The zero-order valence-corrected chi connectivity index (χ0v) is 15.2. The summed E-state index contributed by atoms with van der Waals surface area (Å²) in [4.78, 5) is 20.6. The molecule has 2 N–H and O–H groups in total. The molecule has 25 heavy (non-hydrogen) atoms. The third kappa shape index (κ3) is 4.64. The van der Waals surface area contributed by atoms with Crippen LogP contribution in [0.25, 0.3) is 0 Å². The SMILES string of the molecule is Cc1ccc(CNC(=O)c2cnc(Nc3ccccc3Br)nc2)cc1. The minimum absolute atomic E-state index is 0.201. The van der Waals surface area contributed by atoms with Crippen molar-refractivity contribution < 1.29 is 4.79 Å². The lowest BCUT2D eigenvalue weighted by Gasteiger charge is -2.08. The Bertz CT molecular complexity index is 863. The summed E-state index contributed by atoms with van der Waals surface area (Å²) in [5.41, 5.74) is 3.52. The number of carbonyl (C=O) groups excluding carboxylic acids is 1. The molecule has 0 saturated carbocycles. The Kier molecular flexibility index (Phi) is 5.40. The summed E-state index contributed by atoms with van der Waals surface area (Å²) < 4.78 is 0.915. The third-order valence-corrected chi connectivity index (χ3v) is 4.30. The predicted molar refractivity (Wildman–Crippen MR) is 102 cm³/mol. The number of carbonyl (C=O) groups is 1. The van der Waals surface area contributed by atoms with Crippen LogP contribution in [0.15, 0.2) is 65.4 Å². The van der Waals surface area contributed by atoms with Gasteiger partial charge in [-0.05, 0) is 40.5 Å². The molecule has 0 atom stereocenters. The summed E-state index contributed by atoms with van der Waals surface area (Å²) in [5, 5.41) is 5.97. The molecule has 3 rings (SSSR count). The van der Waals surface area contributed by atoms with Crippen molar-refractivity contribution in [2.45, 2.75) is 13.5 Å². The average Bonchev–Trinajstić information content (AvgIpc) is 2.63. The minimum atomic E-state index is -0.201. The van der Waals surface area contributed by atoms with E-state index in [9.17, 15) is 4.79 Å². The van der Waals surface area contributed by atoms with Crippen molar-refractivity contribution in [3.8, 4) is 0 Å². The molecule has 0 spiro atoms. The average molecular weight is 397 g/mol. The number of hydrogen-bond donors (Lipinski definition) is 2. The Morgan fingerprint density at radius 2 is 1.72 bits per heavy atom. The van der Waals surface area contributed by atoms with E-state index in [0.717, 1.165) is 15.7 Å². The first kappa shape index (κ1) is 17.1. The first-order valence-electron chi connectivity index (χ1n) is 7.79. The molecule has 0 bridgehead atoms. The number of rotatable bonds is 5.